The fourth-order valence-corrected chi connectivity index (χ4v) is 1.56. The molecule has 0 aliphatic heterocycles. The molecule has 0 aromatic carbocycles. The van der Waals surface area contributed by atoms with Crippen LogP contribution in [-0.2, 0) is 0 Å². The zero-order valence-corrected chi connectivity index (χ0v) is 10.7. The van der Waals surface area contributed by atoms with Crippen LogP contribution in [0.3, 0.4) is 0 Å². The van der Waals surface area contributed by atoms with E-state index in [4.69, 9.17) is 29.6 Å². The number of carbonyl (C=O) groups excluding carboxylic acids is 1. The second-order valence-corrected chi connectivity index (χ2v) is 4.10. The van der Waals surface area contributed by atoms with Crippen molar-refractivity contribution in [1.29, 1.82) is 0 Å². The number of hydrogen-bond acceptors (Lipinski definition) is 3. The molecule has 90 valence electrons. The van der Waals surface area contributed by atoms with Gasteiger partial charge < -0.3 is 5.32 Å². The Bertz CT molecular complexity index is 457. The van der Waals surface area contributed by atoms with Gasteiger partial charge in [-0.05, 0) is 12.5 Å². The molecular weight excluding hydrogens is 261 g/mol. The Morgan fingerprint density at radius 3 is 2.88 bits per heavy atom. The van der Waals surface area contributed by atoms with E-state index in [9.17, 15) is 4.79 Å². The van der Waals surface area contributed by atoms with Gasteiger partial charge in [0, 0.05) is 0 Å². The van der Waals surface area contributed by atoms with Gasteiger partial charge in [-0.3, -0.25) is 4.79 Å². The van der Waals surface area contributed by atoms with Gasteiger partial charge >= 0.3 is 0 Å². The van der Waals surface area contributed by atoms with E-state index in [0.29, 0.717) is 6.42 Å². The lowest BCUT2D eigenvalue weighted by molar-refractivity contribution is 0.0944. The van der Waals surface area contributed by atoms with Crippen molar-refractivity contribution in [3.05, 3.63) is 21.9 Å². The van der Waals surface area contributed by atoms with Gasteiger partial charge in [-0.1, -0.05) is 42.5 Å². The largest absolute Gasteiger partial charge is 0.338 e. The van der Waals surface area contributed by atoms with Gasteiger partial charge in [-0.2, -0.15) is 0 Å². The third-order valence-corrected chi connectivity index (χ3v) is 2.51. The molecule has 6 heteroatoms. The van der Waals surface area contributed by atoms with E-state index in [1.807, 2.05) is 6.92 Å². The molecule has 1 N–H and O–H groups in total. The van der Waals surface area contributed by atoms with E-state index in [0.717, 1.165) is 6.42 Å². The maximum absolute atomic E-state index is 11.8. The van der Waals surface area contributed by atoms with Gasteiger partial charge in [0.2, 0.25) is 0 Å². The molecule has 1 unspecified atom stereocenters. The lowest BCUT2D eigenvalue weighted by Crippen LogP contribution is -2.33. The summed E-state index contributed by atoms with van der Waals surface area (Å²) in [5, 5.41) is 9.84. The molecule has 0 fully saturated rings. The normalized spacial score (nSPS) is 11.6. The van der Waals surface area contributed by atoms with Crippen LogP contribution in [0.25, 0.3) is 0 Å². The smallest absolute Gasteiger partial charge is 0.255 e. The summed E-state index contributed by atoms with van der Waals surface area (Å²) in [5.41, 5.74) is 0.169. The van der Waals surface area contributed by atoms with E-state index < -0.39 is 5.91 Å². The summed E-state index contributed by atoms with van der Waals surface area (Å²) < 4.78 is 0. The number of rotatable bonds is 4. The Balaban J connectivity index is 2.83. The minimum absolute atomic E-state index is 0.000769. The van der Waals surface area contributed by atoms with Crippen LogP contribution in [0.2, 0.25) is 10.3 Å². The Kier molecular flexibility index (Phi) is 5.20. The van der Waals surface area contributed by atoms with Crippen LogP contribution in [0.1, 0.15) is 30.1 Å². The summed E-state index contributed by atoms with van der Waals surface area (Å²) in [6.45, 7) is 1.98. The van der Waals surface area contributed by atoms with E-state index in [-0.39, 0.29) is 21.9 Å². The number of hydrogen-bond donors (Lipinski definition) is 1. The first-order valence-electron chi connectivity index (χ1n) is 5.04. The molecule has 1 amide bonds. The van der Waals surface area contributed by atoms with Crippen molar-refractivity contribution in [3.63, 3.8) is 0 Å². The Labute approximate surface area is 110 Å². The molecule has 0 radical (unpaired) electrons. The lowest BCUT2D eigenvalue weighted by atomic mass is 10.1. The molecule has 1 aromatic heterocycles. The Morgan fingerprint density at radius 2 is 2.29 bits per heavy atom. The number of nitrogens with one attached hydrogen (secondary N) is 1. The van der Waals surface area contributed by atoms with E-state index >= 15 is 0 Å². The predicted octanol–water partition coefficient (Wildman–Crippen LogP) is 2.32. The summed E-state index contributed by atoms with van der Waals surface area (Å²) in [6, 6.07) is 1.03. The molecule has 1 rings (SSSR count). The zero-order valence-electron chi connectivity index (χ0n) is 9.20. The highest BCUT2D eigenvalue weighted by Gasteiger charge is 2.15. The Hall–Kier alpha value is -1.31. The van der Waals surface area contributed by atoms with Gasteiger partial charge in [0.05, 0.1) is 11.6 Å². The van der Waals surface area contributed by atoms with Crippen molar-refractivity contribution in [3.8, 4) is 12.3 Å². The average molecular weight is 272 g/mol. The highest BCUT2D eigenvalue weighted by molar-refractivity contribution is 6.34. The van der Waals surface area contributed by atoms with Crippen molar-refractivity contribution >= 4 is 29.1 Å². The molecule has 0 bridgehead atoms. The number of terminal acetylenes is 1. The summed E-state index contributed by atoms with van der Waals surface area (Å²) in [4.78, 5) is 11.8. The molecule has 1 heterocycles. The first kappa shape index (κ1) is 13.8. The highest BCUT2D eigenvalue weighted by Crippen LogP contribution is 2.15. The summed E-state index contributed by atoms with van der Waals surface area (Å²) in [5.74, 6) is 2.09. The molecule has 4 nitrogen and oxygen atoms in total. The maximum atomic E-state index is 11.8. The lowest BCUT2D eigenvalue weighted by Gasteiger charge is -2.12. The van der Waals surface area contributed by atoms with Crippen molar-refractivity contribution in [1.82, 2.24) is 15.5 Å². The van der Waals surface area contributed by atoms with Gasteiger partial charge in [0.25, 0.3) is 5.91 Å². The molecular formula is C11H11Cl2N3O. The first-order chi connectivity index (χ1) is 8.08. The minimum Gasteiger partial charge on any atom is -0.338 e. The van der Waals surface area contributed by atoms with E-state index in [1.54, 1.807) is 0 Å². The first-order valence-corrected chi connectivity index (χ1v) is 5.79. The second kappa shape index (κ2) is 6.43. The third-order valence-electron chi connectivity index (χ3n) is 2.05. The SMILES string of the molecule is C#CC(CCC)NC(=O)c1cc(Cl)nnc1Cl. The summed E-state index contributed by atoms with van der Waals surface area (Å²) in [7, 11) is 0. The molecule has 1 aromatic rings. The molecule has 0 saturated carbocycles. The van der Waals surface area contributed by atoms with Crippen LogP contribution in [0.4, 0.5) is 0 Å². The molecule has 1 atom stereocenters. The fraction of sp³-hybridized carbons (Fsp3) is 0.364. The van der Waals surface area contributed by atoms with Crippen LogP contribution in [0, 0.1) is 12.3 Å². The topological polar surface area (TPSA) is 54.9 Å². The van der Waals surface area contributed by atoms with E-state index in [1.165, 1.54) is 6.07 Å². The van der Waals surface area contributed by atoms with Crippen LogP contribution >= 0.6 is 23.2 Å². The van der Waals surface area contributed by atoms with Crippen molar-refractivity contribution < 1.29 is 4.79 Å². The van der Waals surface area contributed by atoms with E-state index in [2.05, 4.69) is 21.4 Å². The summed E-state index contributed by atoms with van der Waals surface area (Å²) >= 11 is 11.4. The predicted molar refractivity (Wildman–Crippen MR) is 67.0 cm³/mol. The zero-order chi connectivity index (χ0) is 12.8. The standard InChI is InChI=1S/C11H11Cl2N3O/c1-3-5-7(4-2)14-11(17)8-6-9(12)15-16-10(8)13/h2,6-7H,3,5H2,1H3,(H,14,17). The number of halogens is 2. The van der Waals surface area contributed by atoms with Crippen LogP contribution in [0.5, 0.6) is 0 Å². The minimum atomic E-state index is -0.400. The molecule has 0 spiro atoms. The van der Waals surface area contributed by atoms with Crippen molar-refractivity contribution in [2.75, 3.05) is 0 Å². The number of aromatic nitrogens is 2. The van der Waals surface area contributed by atoms with Crippen LogP contribution in [-0.4, -0.2) is 22.1 Å². The number of amides is 1. The number of nitrogens with zero attached hydrogens (tertiary/aromatic N) is 2. The van der Waals surface area contributed by atoms with Gasteiger partial charge in [-0.25, -0.2) is 0 Å². The van der Waals surface area contributed by atoms with Crippen molar-refractivity contribution in [2.45, 2.75) is 25.8 Å². The van der Waals surface area contributed by atoms with Crippen LogP contribution < -0.4 is 5.32 Å². The fourth-order valence-electron chi connectivity index (χ4n) is 1.23. The monoisotopic (exact) mass is 271 g/mol. The highest BCUT2D eigenvalue weighted by atomic mass is 35.5. The molecule has 0 aliphatic carbocycles. The van der Waals surface area contributed by atoms with Gasteiger partial charge in [-0.15, -0.1) is 16.6 Å². The maximum Gasteiger partial charge on any atom is 0.255 e. The van der Waals surface area contributed by atoms with Gasteiger partial charge in [0.15, 0.2) is 10.3 Å². The molecule has 0 aliphatic rings. The quantitative estimate of drug-likeness (QED) is 0.856. The van der Waals surface area contributed by atoms with Crippen molar-refractivity contribution in [2.24, 2.45) is 0 Å². The van der Waals surface area contributed by atoms with Crippen LogP contribution in [0.15, 0.2) is 6.07 Å². The summed E-state index contributed by atoms with van der Waals surface area (Å²) in [6.07, 6.45) is 6.88. The second-order valence-electron chi connectivity index (χ2n) is 3.35. The Morgan fingerprint density at radius 1 is 1.59 bits per heavy atom. The third kappa shape index (κ3) is 3.88. The molecule has 17 heavy (non-hydrogen) atoms. The molecule has 0 saturated heterocycles. The van der Waals surface area contributed by atoms with Gasteiger partial charge in [0.1, 0.15) is 0 Å². The average Bonchev–Trinajstić information content (AvgIpc) is 2.31. The number of carbonyl (C=O) groups is 1.